The van der Waals surface area contributed by atoms with E-state index in [0.717, 1.165) is 44.7 Å². The van der Waals surface area contributed by atoms with Gasteiger partial charge in [0.25, 0.3) is 5.91 Å². The maximum absolute atomic E-state index is 13.7. The number of hydrogen-bond donors (Lipinski definition) is 0. The van der Waals surface area contributed by atoms with Crippen LogP contribution in [-0.2, 0) is 0 Å². The lowest BCUT2D eigenvalue weighted by Gasteiger charge is -2.24. The van der Waals surface area contributed by atoms with E-state index in [2.05, 4.69) is 22.0 Å². The highest BCUT2D eigenvalue weighted by Crippen LogP contribution is 2.34. The van der Waals surface area contributed by atoms with Gasteiger partial charge in [-0.3, -0.25) is 9.78 Å². The number of fused-ring (bicyclic) bond motifs is 1. The summed E-state index contributed by atoms with van der Waals surface area (Å²) in [6.07, 6.45) is 4.01. The predicted molar refractivity (Wildman–Crippen MR) is 97.6 cm³/mol. The number of pyridine rings is 1. The number of thiophene rings is 1. The maximum atomic E-state index is 13.7. The molecule has 0 aliphatic carbocycles. The lowest BCUT2D eigenvalue weighted by Crippen LogP contribution is -2.31. The van der Waals surface area contributed by atoms with Gasteiger partial charge in [-0.2, -0.15) is 0 Å². The van der Waals surface area contributed by atoms with Crippen LogP contribution in [0.2, 0.25) is 0 Å². The van der Waals surface area contributed by atoms with Crippen molar-refractivity contribution in [3.63, 3.8) is 0 Å². The Bertz CT molecular complexity index is 762. The van der Waals surface area contributed by atoms with E-state index in [4.69, 9.17) is 0 Å². The molecule has 0 spiro atoms. The minimum Gasteiger partial charge on any atom is -0.371 e. The monoisotopic (exact) mass is 359 g/mol. The molecule has 0 unspecified atom stereocenters. The molecule has 4 rings (SSSR count). The number of hydrogen-bond acceptors (Lipinski definition) is 4. The van der Waals surface area contributed by atoms with E-state index in [1.54, 1.807) is 5.38 Å². The quantitative estimate of drug-likeness (QED) is 0.822. The number of nitrogens with zero attached hydrogens (tertiary/aromatic N) is 3. The first kappa shape index (κ1) is 16.5. The molecule has 2 aliphatic rings. The van der Waals surface area contributed by atoms with Crippen LogP contribution in [0.25, 0.3) is 0 Å². The Morgan fingerprint density at radius 1 is 1.24 bits per heavy atom. The molecular formula is C19H22FN3OS. The van der Waals surface area contributed by atoms with E-state index in [1.807, 2.05) is 18.0 Å². The molecule has 0 aromatic carbocycles. The summed E-state index contributed by atoms with van der Waals surface area (Å²) in [5, 5.41) is 1.64. The highest BCUT2D eigenvalue weighted by molar-refractivity contribution is 7.12. The fourth-order valence-corrected chi connectivity index (χ4v) is 4.82. The van der Waals surface area contributed by atoms with Gasteiger partial charge in [0.1, 0.15) is 10.7 Å². The summed E-state index contributed by atoms with van der Waals surface area (Å²) < 4.78 is 13.7. The Kier molecular flexibility index (Phi) is 4.46. The topological polar surface area (TPSA) is 36.4 Å². The summed E-state index contributed by atoms with van der Waals surface area (Å²) in [6.45, 7) is 5.53. The third-order valence-electron chi connectivity index (χ3n) is 5.46. The number of halogens is 1. The number of carbonyl (C=O) groups is 1. The number of aryl methyl sites for hydroxylation is 1. The molecule has 2 fully saturated rings. The van der Waals surface area contributed by atoms with Crippen LogP contribution in [0.15, 0.2) is 29.8 Å². The standard InChI is InChI=1S/C19H22FN3OS/c1-13-10-16(2-6-21-13)22-7-3-14-11-23(12-15(14)4-8-22)19(24)18-17(20)5-9-25-18/h2,5-6,9-10,14-15H,3-4,7-8,11-12H2,1H3/t14-,15+. The third-order valence-corrected chi connectivity index (χ3v) is 6.34. The zero-order chi connectivity index (χ0) is 17.4. The largest absolute Gasteiger partial charge is 0.371 e. The first-order valence-corrected chi connectivity index (χ1v) is 9.69. The maximum Gasteiger partial charge on any atom is 0.266 e. The van der Waals surface area contributed by atoms with Crippen molar-refractivity contribution in [3.05, 3.63) is 46.2 Å². The molecule has 4 nitrogen and oxygen atoms in total. The van der Waals surface area contributed by atoms with Gasteiger partial charge in [-0.05, 0) is 55.2 Å². The van der Waals surface area contributed by atoms with Gasteiger partial charge in [0.15, 0.2) is 0 Å². The second kappa shape index (κ2) is 6.75. The lowest BCUT2D eigenvalue weighted by atomic mass is 9.92. The molecule has 0 bridgehead atoms. The van der Waals surface area contributed by atoms with E-state index >= 15 is 0 Å². The third kappa shape index (κ3) is 3.27. The molecule has 2 atom stereocenters. The van der Waals surface area contributed by atoms with Crippen molar-refractivity contribution >= 4 is 22.9 Å². The molecule has 0 N–H and O–H groups in total. The fraction of sp³-hybridized carbons (Fsp3) is 0.474. The van der Waals surface area contributed by atoms with Crippen molar-refractivity contribution in [1.82, 2.24) is 9.88 Å². The van der Waals surface area contributed by atoms with Crippen molar-refractivity contribution in [3.8, 4) is 0 Å². The van der Waals surface area contributed by atoms with Gasteiger partial charge in [0, 0.05) is 43.8 Å². The molecule has 2 aliphatic heterocycles. The van der Waals surface area contributed by atoms with Gasteiger partial charge >= 0.3 is 0 Å². The highest BCUT2D eigenvalue weighted by atomic mass is 32.1. The van der Waals surface area contributed by atoms with Gasteiger partial charge < -0.3 is 9.80 Å². The number of aromatic nitrogens is 1. The zero-order valence-corrected chi connectivity index (χ0v) is 15.1. The summed E-state index contributed by atoms with van der Waals surface area (Å²) in [7, 11) is 0. The Hall–Kier alpha value is -1.95. The van der Waals surface area contributed by atoms with Gasteiger partial charge in [-0.25, -0.2) is 4.39 Å². The van der Waals surface area contributed by atoms with Gasteiger partial charge in [-0.1, -0.05) is 0 Å². The second-order valence-electron chi connectivity index (χ2n) is 7.05. The molecule has 25 heavy (non-hydrogen) atoms. The predicted octanol–water partition coefficient (Wildman–Crippen LogP) is 3.58. The van der Waals surface area contributed by atoms with Crippen LogP contribution in [0.1, 0.15) is 28.2 Å². The smallest absolute Gasteiger partial charge is 0.266 e. The van der Waals surface area contributed by atoms with E-state index in [1.165, 1.54) is 23.1 Å². The van der Waals surface area contributed by atoms with Crippen molar-refractivity contribution in [2.24, 2.45) is 11.8 Å². The summed E-state index contributed by atoms with van der Waals surface area (Å²) >= 11 is 1.20. The van der Waals surface area contributed by atoms with E-state index < -0.39 is 0 Å². The normalized spacial score (nSPS) is 23.4. The Morgan fingerprint density at radius 2 is 1.96 bits per heavy atom. The summed E-state index contributed by atoms with van der Waals surface area (Å²) in [5.74, 6) is 0.503. The lowest BCUT2D eigenvalue weighted by molar-refractivity contribution is 0.0783. The van der Waals surface area contributed by atoms with Crippen LogP contribution in [0.5, 0.6) is 0 Å². The molecule has 132 valence electrons. The first-order valence-electron chi connectivity index (χ1n) is 8.81. The highest BCUT2D eigenvalue weighted by Gasteiger charge is 2.37. The van der Waals surface area contributed by atoms with Gasteiger partial charge in [-0.15, -0.1) is 11.3 Å². The molecule has 4 heterocycles. The number of amides is 1. The molecule has 2 aromatic rings. The summed E-state index contributed by atoms with van der Waals surface area (Å²) in [6, 6.07) is 5.58. The van der Waals surface area contributed by atoms with Crippen LogP contribution < -0.4 is 4.90 Å². The Balaban J connectivity index is 1.42. The number of rotatable bonds is 2. The van der Waals surface area contributed by atoms with E-state index in [9.17, 15) is 9.18 Å². The number of carbonyl (C=O) groups excluding carboxylic acids is 1. The Morgan fingerprint density at radius 3 is 2.56 bits per heavy atom. The molecule has 2 aromatic heterocycles. The average Bonchev–Trinajstić information content (AvgIpc) is 3.16. The van der Waals surface area contributed by atoms with Crippen LogP contribution >= 0.6 is 11.3 Å². The second-order valence-corrected chi connectivity index (χ2v) is 7.96. The summed E-state index contributed by atoms with van der Waals surface area (Å²) in [5.41, 5.74) is 2.28. The van der Waals surface area contributed by atoms with Gasteiger partial charge in [0.2, 0.25) is 0 Å². The van der Waals surface area contributed by atoms with E-state index in [-0.39, 0.29) is 16.6 Å². The van der Waals surface area contributed by atoms with E-state index in [0.29, 0.717) is 11.8 Å². The van der Waals surface area contributed by atoms with Crippen molar-refractivity contribution < 1.29 is 9.18 Å². The molecule has 6 heteroatoms. The summed E-state index contributed by atoms with van der Waals surface area (Å²) in [4.78, 5) is 21.4. The zero-order valence-electron chi connectivity index (χ0n) is 14.3. The van der Waals surface area contributed by atoms with Crippen LogP contribution in [0.3, 0.4) is 0 Å². The number of anilines is 1. The number of likely N-dealkylation sites (tertiary alicyclic amines) is 1. The Labute approximate surface area is 151 Å². The molecule has 2 saturated heterocycles. The minimum absolute atomic E-state index is 0.137. The van der Waals surface area contributed by atoms with Crippen molar-refractivity contribution in [1.29, 1.82) is 0 Å². The van der Waals surface area contributed by atoms with Crippen LogP contribution in [0.4, 0.5) is 10.1 Å². The van der Waals surface area contributed by atoms with Crippen LogP contribution in [-0.4, -0.2) is 42.0 Å². The fourth-order valence-electron chi connectivity index (χ4n) is 4.09. The van der Waals surface area contributed by atoms with Crippen LogP contribution in [0, 0.1) is 24.6 Å². The van der Waals surface area contributed by atoms with Crippen molar-refractivity contribution in [2.75, 3.05) is 31.1 Å². The van der Waals surface area contributed by atoms with Gasteiger partial charge in [0.05, 0.1) is 0 Å². The first-order chi connectivity index (χ1) is 12.1. The average molecular weight is 359 g/mol. The minimum atomic E-state index is -0.388. The molecule has 0 saturated carbocycles. The molecule has 0 radical (unpaired) electrons. The molecular weight excluding hydrogens is 337 g/mol. The SMILES string of the molecule is Cc1cc(N2CC[C@@H]3CN(C(=O)c4sccc4F)C[C@@H]3CC2)ccn1. The molecule has 1 amide bonds. The van der Waals surface area contributed by atoms with Crippen molar-refractivity contribution in [2.45, 2.75) is 19.8 Å².